The molecule has 0 spiro atoms. The van der Waals surface area contributed by atoms with Crippen molar-refractivity contribution in [2.24, 2.45) is 0 Å². The molecule has 0 aliphatic carbocycles. The number of aromatic nitrogens is 2. The van der Waals surface area contributed by atoms with Crippen LogP contribution in [-0.2, 0) is 5.75 Å². The minimum absolute atomic E-state index is 0.00646. The minimum atomic E-state index is -1.00. The molecule has 4 rings (SSSR count). The van der Waals surface area contributed by atoms with Crippen molar-refractivity contribution >= 4 is 17.6 Å². The third-order valence-electron chi connectivity index (χ3n) is 5.79. The van der Waals surface area contributed by atoms with E-state index in [1.807, 2.05) is 31.2 Å². The zero-order chi connectivity index (χ0) is 27.9. The number of ether oxygens (including phenoxy) is 2. The maximum Gasteiger partial charge on any atom is 0.230 e. The van der Waals surface area contributed by atoms with Gasteiger partial charge in [-0.25, -0.2) is 9.97 Å². The monoisotopic (exact) mass is 543 g/mol. The molecular weight excluding hydrogens is 518 g/mol. The van der Waals surface area contributed by atoms with Gasteiger partial charge in [-0.2, -0.15) is 10.5 Å². The maximum atomic E-state index is 10.1. The highest BCUT2D eigenvalue weighted by molar-refractivity contribution is 7.98. The topological polar surface area (TPSA) is 171 Å². The number of hydrogen-bond acceptors (Lipinski definition) is 11. The van der Waals surface area contributed by atoms with Crippen LogP contribution in [0, 0.1) is 29.6 Å². The highest BCUT2D eigenvalue weighted by Gasteiger charge is 2.22. The maximum absolute atomic E-state index is 10.1. The number of nitrogens with zero attached hydrogens (tertiary/aromatic N) is 4. The van der Waals surface area contributed by atoms with Gasteiger partial charge < -0.3 is 29.8 Å². The molecule has 0 unspecified atom stereocenters. The number of rotatable bonds is 10. The molecule has 11 heteroatoms. The van der Waals surface area contributed by atoms with Crippen molar-refractivity contribution in [1.29, 1.82) is 10.5 Å². The summed E-state index contributed by atoms with van der Waals surface area (Å²) in [5, 5.41) is 38.7. The van der Waals surface area contributed by atoms with Crippen molar-refractivity contribution in [3.05, 3.63) is 71.1 Å². The van der Waals surface area contributed by atoms with Gasteiger partial charge in [0.2, 0.25) is 5.89 Å². The molecule has 0 amide bonds. The Morgan fingerprint density at radius 1 is 1.08 bits per heavy atom. The molecule has 0 aliphatic heterocycles. The lowest BCUT2D eigenvalue weighted by atomic mass is 9.97. The van der Waals surface area contributed by atoms with Crippen molar-refractivity contribution in [2.75, 3.05) is 26.1 Å². The summed E-state index contributed by atoms with van der Waals surface area (Å²) in [4.78, 5) is 8.99. The predicted octanol–water partition coefficient (Wildman–Crippen LogP) is 4.07. The molecule has 10 nitrogen and oxygen atoms in total. The number of para-hydroxylation sites is 1. The highest BCUT2D eigenvalue weighted by atomic mass is 32.2. The number of oxazole rings is 1. The molecule has 0 saturated carbocycles. The molecule has 0 radical (unpaired) electrons. The zero-order valence-corrected chi connectivity index (χ0v) is 22.0. The Morgan fingerprint density at radius 2 is 1.79 bits per heavy atom. The van der Waals surface area contributed by atoms with Gasteiger partial charge in [0.1, 0.15) is 58.5 Å². The molecule has 2 aromatic carbocycles. The van der Waals surface area contributed by atoms with E-state index in [-0.39, 0.29) is 23.6 Å². The van der Waals surface area contributed by atoms with Crippen molar-refractivity contribution in [3.8, 4) is 46.2 Å². The summed E-state index contributed by atoms with van der Waals surface area (Å²) in [6, 6.07) is 18.3. The summed E-state index contributed by atoms with van der Waals surface area (Å²) in [5.74, 6) is 2.47. The average molecular weight is 544 g/mol. The second-order valence-electron chi connectivity index (χ2n) is 8.33. The molecule has 0 saturated heterocycles. The molecule has 2 heterocycles. The van der Waals surface area contributed by atoms with Crippen LogP contribution in [0.4, 0.5) is 5.82 Å². The van der Waals surface area contributed by atoms with E-state index in [0.29, 0.717) is 50.7 Å². The molecule has 39 heavy (non-hydrogen) atoms. The Morgan fingerprint density at radius 3 is 2.46 bits per heavy atom. The highest BCUT2D eigenvalue weighted by Crippen LogP contribution is 2.38. The van der Waals surface area contributed by atoms with Gasteiger partial charge in [-0.1, -0.05) is 36.0 Å². The van der Waals surface area contributed by atoms with Crippen LogP contribution < -0.4 is 15.2 Å². The number of nitrogens with two attached hydrogens (primary N) is 1. The summed E-state index contributed by atoms with van der Waals surface area (Å²) >= 11 is 1.26. The summed E-state index contributed by atoms with van der Waals surface area (Å²) in [6.07, 6.45) is -1.00. The largest absolute Gasteiger partial charge is 0.496 e. The molecule has 2 aromatic heterocycles. The molecule has 0 fully saturated rings. The number of aryl methyl sites for hydroxylation is 1. The Balaban J connectivity index is 1.64. The first-order valence-corrected chi connectivity index (χ1v) is 12.8. The van der Waals surface area contributed by atoms with Gasteiger partial charge in [0.25, 0.3) is 0 Å². The fraction of sp³-hybridized carbons (Fsp3) is 0.214. The number of anilines is 1. The lowest BCUT2D eigenvalue weighted by molar-refractivity contribution is 0.0536. The molecule has 0 aliphatic rings. The molecule has 1 atom stereocenters. The Bertz CT molecular complexity index is 1560. The van der Waals surface area contributed by atoms with Gasteiger partial charge in [-0.3, -0.25) is 0 Å². The van der Waals surface area contributed by atoms with Crippen molar-refractivity contribution in [2.45, 2.75) is 23.8 Å². The number of aliphatic hydroxyl groups is 2. The van der Waals surface area contributed by atoms with Crippen LogP contribution in [-0.4, -0.2) is 46.6 Å². The summed E-state index contributed by atoms with van der Waals surface area (Å²) in [6.45, 7) is 1.32. The van der Waals surface area contributed by atoms with Crippen LogP contribution in [0.25, 0.3) is 22.6 Å². The second kappa shape index (κ2) is 12.3. The Labute approximate surface area is 229 Å². The number of aliphatic hydroxyl groups excluding tert-OH is 2. The molecule has 4 N–H and O–H groups in total. The van der Waals surface area contributed by atoms with Crippen molar-refractivity contribution in [3.63, 3.8) is 0 Å². The number of methoxy groups -OCH3 is 1. The molecule has 4 aromatic rings. The zero-order valence-electron chi connectivity index (χ0n) is 21.2. The van der Waals surface area contributed by atoms with Gasteiger partial charge in [0, 0.05) is 11.3 Å². The smallest absolute Gasteiger partial charge is 0.230 e. The normalized spacial score (nSPS) is 11.4. The number of benzene rings is 2. The van der Waals surface area contributed by atoms with E-state index in [1.54, 1.807) is 31.4 Å². The lowest BCUT2D eigenvalue weighted by Gasteiger charge is -2.14. The SMILES string of the molecule is COc1ccccc1-c1nc(CSc2nc(N)c(C#N)c(-c3ccc(OC[C@@H](O)CO)cc3)c2C#N)c(C)o1. The van der Waals surface area contributed by atoms with Crippen LogP contribution in [0.1, 0.15) is 22.6 Å². The van der Waals surface area contributed by atoms with Crippen LogP contribution in [0.3, 0.4) is 0 Å². The van der Waals surface area contributed by atoms with E-state index < -0.39 is 12.7 Å². The fourth-order valence-electron chi connectivity index (χ4n) is 3.79. The summed E-state index contributed by atoms with van der Waals surface area (Å²) in [7, 11) is 1.58. The first kappa shape index (κ1) is 27.5. The molecule has 0 bridgehead atoms. The van der Waals surface area contributed by atoms with E-state index in [2.05, 4.69) is 22.1 Å². The van der Waals surface area contributed by atoms with Gasteiger partial charge in [0.15, 0.2) is 0 Å². The van der Waals surface area contributed by atoms with E-state index in [4.69, 9.17) is 24.7 Å². The Kier molecular flexibility index (Phi) is 8.69. The fourth-order valence-corrected chi connectivity index (χ4v) is 4.79. The number of nitriles is 2. The van der Waals surface area contributed by atoms with Gasteiger partial charge in [-0.05, 0) is 36.8 Å². The van der Waals surface area contributed by atoms with Crippen molar-refractivity contribution in [1.82, 2.24) is 9.97 Å². The van der Waals surface area contributed by atoms with Crippen LogP contribution >= 0.6 is 11.8 Å². The van der Waals surface area contributed by atoms with E-state index in [1.165, 1.54) is 11.8 Å². The number of nitrogen functional groups attached to an aromatic ring is 1. The van der Waals surface area contributed by atoms with E-state index in [9.17, 15) is 15.6 Å². The standard InChI is InChI=1S/C28H25N5O5S/c1-16-23(32-27(38-16)20-5-3-4-6-24(20)36-2)15-39-28-22(12-30)25(21(11-29)26(31)33-28)17-7-9-19(10-8-17)37-14-18(35)13-34/h3-10,18,34-35H,13-15H2,1-2H3,(H2,31,33)/t18-/m0/s1. The van der Waals surface area contributed by atoms with Gasteiger partial charge in [0.05, 0.1) is 30.5 Å². The average Bonchev–Trinajstić information content (AvgIpc) is 3.34. The number of pyridine rings is 1. The van der Waals surface area contributed by atoms with E-state index in [0.717, 1.165) is 5.56 Å². The Hall–Kier alpha value is -4.55. The van der Waals surface area contributed by atoms with Gasteiger partial charge in [-0.15, -0.1) is 0 Å². The third kappa shape index (κ3) is 5.97. The summed E-state index contributed by atoms with van der Waals surface area (Å²) in [5.41, 5.74) is 8.78. The molecular formula is C28H25N5O5S. The number of thioether (sulfide) groups is 1. The number of hydrogen-bond donors (Lipinski definition) is 3. The first-order valence-electron chi connectivity index (χ1n) is 11.8. The third-order valence-corrected chi connectivity index (χ3v) is 6.77. The second-order valence-corrected chi connectivity index (χ2v) is 9.30. The van der Waals surface area contributed by atoms with Gasteiger partial charge >= 0.3 is 0 Å². The molecule has 198 valence electrons. The van der Waals surface area contributed by atoms with E-state index >= 15 is 0 Å². The predicted molar refractivity (Wildman–Crippen MR) is 145 cm³/mol. The quantitative estimate of drug-likeness (QED) is 0.246. The van der Waals surface area contributed by atoms with Crippen LogP contribution in [0.2, 0.25) is 0 Å². The van der Waals surface area contributed by atoms with Crippen LogP contribution in [0.5, 0.6) is 11.5 Å². The summed E-state index contributed by atoms with van der Waals surface area (Å²) < 4.78 is 16.8. The lowest BCUT2D eigenvalue weighted by Crippen LogP contribution is -2.21. The van der Waals surface area contributed by atoms with Crippen LogP contribution in [0.15, 0.2) is 58.0 Å². The minimum Gasteiger partial charge on any atom is -0.496 e. The first-order chi connectivity index (χ1) is 18.9. The van der Waals surface area contributed by atoms with Crippen molar-refractivity contribution < 1.29 is 24.1 Å².